The van der Waals surface area contributed by atoms with Crippen molar-refractivity contribution in [1.29, 1.82) is 0 Å². The maximum absolute atomic E-state index is 5.35. The smallest absolute Gasteiger partial charge is 0.183 e. The summed E-state index contributed by atoms with van der Waals surface area (Å²) in [5, 5.41) is 4.47. The monoisotopic (exact) mass is 291 g/mol. The van der Waals surface area contributed by atoms with Crippen LogP contribution >= 0.6 is 11.3 Å². The van der Waals surface area contributed by atoms with Crippen LogP contribution in [0.15, 0.2) is 18.2 Å². The number of morpholine rings is 1. The van der Waals surface area contributed by atoms with Crippen LogP contribution in [-0.2, 0) is 11.2 Å². The molecule has 0 amide bonds. The largest absolute Gasteiger partial charge is 0.379 e. The number of aromatic nitrogens is 1. The van der Waals surface area contributed by atoms with E-state index in [0.29, 0.717) is 0 Å². The Morgan fingerprint density at radius 1 is 1.35 bits per heavy atom. The molecule has 0 atom stereocenters. The molecular weight excluding hydrogens is 270 g/mol. The van der Waals surface area contributed by atoms with Crippen molar-refractivity contribution in [2.75, 3.05) is 44.7 Å². The lowest BCUT2D eigenvalue weighted by Gasteiger charge is -2.26. The summed E-state index contributed by atoms with van der Waals surface area (Å²) in [6.07, 6.45) is 1.08. The van der Waals surface area contributed by atoms with E-state index in [2.05, 4.69) is 40.3 Å². The van der Waals surface area contributed by atoms with Crippen molar-refractivity contribution in [3.63, 3.8) is 0 Å². The normalized spacial score (nSPS) is 16.6. The van der Waals surface area contributed by atoms with E-state index in [1.807, 2.05) is 0 Å². The number of ether oxygens (including phenoxy) is 1. The average Bonchev–Trinajstić information content (AvgIpc) is 2.90. The molecule has 1 aliphatic heterocycles. The third kappa shape index (κ3) is 3.29. The Bertz CT molecular complexity index is 563. The summed E-state index contributed by atoms with van der Waals surface area (Å²) in [4.78, 5) is 7.06. The number of thiazole rings is 1. The van der Waals surface area contributed by atoms with E-state index in [-0.39, 0.29) is 0 Å². The Hall–Kier alpha value is -1.17. The Labute approximate surface area is 123 Å². The van der Waals surface area contributed by atoms with E-state index in [1.165, 1.54) is 10.3 Å². The van der Waals surface area contributed by atoms with E-state index in [4.69, 9.17) is 4.74 Å². The molecule has 108 valence electrons. The van der Waals surface area contributed by atoms with Gasteiger partial charge in [-0.1, -0.05) is 24.3 Å². The molecule has 2 heterocycles. The highest BCUT2D eigenvalue weighted by atomic mass is 32.1. The first-order chi connectivity index (χ1) is 9.85. The van der Waals surface area contributed by atoms with Crippen molar-refractivity contribution in [2.45, 2.75) is 13.3 Å². The van der Waals surface area contributed by atoms with Crippen molar-refractivity contribution in [3.8, 4) is 0 Å². The van der Waals surface area contributed by atoms with E-state index < -0.39 is 0 Å². The van der Waals surface area contributed by atoms with Gasteiger partial charge < -0.3 is 10.1 Å². The number of aryl methyl sites for hydroxylation is 1. The van der Waals surface area contributed by atoms with Gasteiger partial charge in [0.25, 0.3) is 0 Å². The maximum atomic E-state index is 5.35. The molecule has 0 spiro atoms. The van der Waals surface area contributed by atoms with Crippen molar-refractivity contribution < 1.29 is 4.74 Å². The van der Waals surface area contributed by atoms with Crippen LogP contribution < -0.4 is 5.32 Å². The van der Waals surface area contributed by atoms with Crippen LogP contribution in [-0.4, -0.2) is 49.3 Å². The lowest BCUT2D eigenvalue weighted by atomic mass is 10.2. The fraction of sp³-hybridized carbons (Fsp3) is 0.533. The molecule has 20 heavy (non-hydrogen) atoms. The number of nitrogens with one attached hydrogen (secondary N) is 1. The predicted octanol–water partition coefficient (Wildman–Crippen LogP) is 2.60. The summed E-state index contributed by atoms with van der Waals surface area (Å²) in [5.41, 5.74) is 2.47. The van der Waals surface area contributed by atoms with Crippen LogP contribution in [0.3, 0.4) is 0 Å². The minimum absolute atomic E-state index is 0.862. The first-order valence-electron chi connectivity index (χ1n) is 7.28. The number of rotatable bonds is 5. The second kappa shape index (κ2) is 6.52. The van der Waals surface area contributed by atoms with Crippen LogP contribution in [0.1, 0.15) is 12.5 Å². The van der Waals surface area contributed by atoms with Gasteiger partial charge in [-0.3, -0.25) is 4.90 Å². The SMILES string of the molecule is CCc1ccc2nc(NCCN3CCOCC3)sc2c1. The quantitative estimate of drug-likeness (QED) is 0.919. The minimum Gasteiger partial charge on any atom is -0.379 e. The lowest BCUT2D eigenvalue weighted by Crippen LogP contribution is -2.38. The molecule has 0 unspecified atom stereocenters. The summed E-state index contributed by atoms with van der Waals surface area (Å²) in [5.74, 6) is 0. The number of hydrogen-bond acceptors (Lipinski definition) is 5. The maximum Gasteiger partial charge on any atom is 0.183 e. The number of benzene rings is 1. The van der Waals surface area contributed by atoms with Gasteiger partial charge in [-0.25, -0.2) is 4.98 Å². The van der Waals surface area contributed by atoms with Crippen LogP contribution in [0.2, 0.25) is 0 Å². The highest BCUT2D eigenvalue weighted by Gasteiger charge is 2.10. The van der Waals surface area contributed by atoms with Gasteiger partial charge >= 0.3 is 0 Å². The topological polar surface area (TPSA) is 37.4 Å². The Morgan fingerprint density at radius 2 is 2.20 bits per heavy atom. The average molecular weight is 291 g/mol. The molecule has 0 saturated carbocycles. The summed E-state index contributed by atoms with van der Waals surface area (Å²) in [7, 11) is 0. The molecule has 1 aromatic carbocycles. The van der Waals surface area contributed by atoms with Crippen LogP contribution in [0.4, 0.5) is 5.13 Å². The van der Waals surface area contributed by atoms with Gasteiger partial charge in [0.15, 0.2) is 5.13 Å². The van der Waals surface area contributed by atoms with Gasteiger partial charge in [0.1, 0.15) is 0 Å². The summed E-state index contributed by atoms with van der Waals surface area (Å²) < 4.78 is 6.63. The molecule has 3 rings (SSSR count). The highest BCUT2D eigenvalue weighted by Crippen LogP contribution is 2.26. The van der Waals surface area contributed by atoms with Crippen LogP contribution in [0.5, 0.6) is 0 Å². The molecule has 1 aromatic heterocycles. The Balaban J connectivity index is 1.57. The second-order valence-electron chi connectivity index (χ2n) is 5.06. The standard InChI is InChI=1S/C15H21N3OS/c1-2-12-3-4-13-14(11-12)20-15(17-13)16-5-6-18-7-9-19-10-8-18/h3-4,11H,2,5-10H2,1H3,(H,16,17). The summed E-state index contributed by atoms with van der Waals surface area (Å²) in [6.45, 7) is 7.99. The number of fused-ring (bicyclic) bond motifs is 1. The molecule has 5 heteroatoms. The van der Waals surface area contributed by atoms with Crippen LogP contribution in [0, 0.1) is 0 Å². The first-order valence-corrected chi connectivity index (χ1v) is 8.10. The van der Waals surface area contributed by atoms with Crippen molar-refractivity contribution in [3.05, 3.63) is 23.8 Å². The molecule has 1 saturated heterocycles. The van der Waals surface area contributed by atoms with E-state index in [1.54, 1.807) is 11.3 Å². The molecule has 0 bridgehead atoms. The van der Waals surface area contributed by atoms with E-state index >= 15 is 0 Å². The zero-order chi connectivity index (χ0) is 13.8. The molecule has 1 N–H and O–H groups in total. The second-order valence-corrected chi connectivity index (χ2v) is 6.09. The van der Waals surface area contributed by atoms with Crippen molar-refractivity contribution in [2.24, 2.45) is 0 Å². The van der Waals surface area contributed by atoms with E-state index in [0.717, 1.165) is 56.5 Å². The summed E-state index contributed by atoms with van der Waals surface area (Å²) in [6, 6.07) is 6.54. The predicted molar refractivity (Wildman–Crippen MR) is 84.7 cm³/mol. The fourth-order valence-electron chi connectivity index (χ4n) is 2.41. The molecule has 0 aliphatic carbocycles. The number of nitrogens with zero attached hydrogens (tertiary/aromatic N) is 2. The molecule has 0 radical (unpaired) electrons. The first kappa shape index (κ1) is 13.8. The molecule has 1 aliphatic rings. The van der Waals surface area contributed by atoms with Gasteiger partial charge in [-0.05, 0) is 24.1 Å². The molecule has 1 fully saturated rings. The van der Waals surface area contributed by atoms with Gasteiger partial charge in [-0.2, -0.15) is 0 Å². The van der Waals surface area contributed by atoms with Crippen LogP contribution in [0.25, 0.3) is 10.2 Å². The molecular formula is C15H21N3OS. The lowest BCUT2D eigenvalue weighted by molar-refractivity contribution is 0.0398. The Kier molecular flexibility index (Phi) is 4.50. The third-order valence-corrected chi connectivity index (χ3v) is 4.64. The highest BCUT2D eigenvalue weighted by molar-refractivity contribution is 7.22. The fourth-order valence-corrected chi connectivity index (χ4v) is 3.37. The zero-order valence-electron chi connectivity index (χ0n) is 11.9. The van der Waals surface area contributed by atoms with Gasteiger partial charge in [0.05, 0.1) is 23.4 Å². The zero-order valence-corrected chi connectivity index (χ0v) is 12.7. The van der Waals surface area contributed by atoms with Gasteiger partial charge in [0, 0.05) is 26.2 Å². The number of hydrogen-bond donors (Lipinski definition) is 1. The van der Waals surface area contributed by atoms with Gasteiger partial charge in [-0.15, -0.1) is 0 Å². The van der Waals surface area contributed by atoms with E-state index in [9.17, 15) is 0 Å². The number of anilines is 1. The summed E-state index contributed by atoms with van der Waals surface area (Å²) >= 11 is 1.75. The third-order valence-electron chi connectivity index (χ3n) is 3.67. The van der Waals surface area contributed by atoms with Crippen molar-refractivity contribution >= 4 is 26.7 Å². The molecule has 2 aromatic rings. The van der Waals surface area contributed by atoms with Gasteiger partial charge in [0.2, 0.25) is 0 Å². The Morgan fingerprint density at radius 3 is 3.00 bits per heavy atom. The van der Waals surface area contributed by atoms with Crippen molar-refractivity contribution in [1.82, 2.24) is 9.88 Å². The molecule has 4 nitrogen and oxygen atoms in total. The minimum atomic E-state index is 0.862.